The fourth-order valence-electron chi connectivity index (χ4n) is 3.43. The van der Waals surface area contributed by atoms with Gasteiger partial charge in [-0.15, -0.1) is 11.3 Å². The number of carbonyl (C=O) groups excluding carboxylic acids is 2. The molecule has 0 radical (unpaired) electrons. The maximum atomic E-state index is 12.9. The number of alkyl halides is 3. The Labute approximate surface area is 176 Å². The molecule has 6 nitrogen and oxygen atoms in total. The zero-order chi connectivity index (χ0) is 21.7. The summed E-state index contributed by atoms with van der Waals surface area (Å²) in [4.78, 5) is 30.0. The molecular weight excluding hydrogens is 417 g/mol. The van der Waals surface area contributed by atoms with Gasteiger partial charge in [0.1, 0.15) is 10.7 Å². The number of hydrogen-bond donors (Lipinski definition) is 2. The first-order valence-corrected chi connectivity index (χ1v) is 10.5. The van der Waals surface area contributed by atoms with E-state index >= 15 is 0 Å². The van der Waals surface area contributed by atoms with Crippen molar-refractivity contribution in [1.29, 1.82) is 0 Å². The first-order valence-electron chi connectivity index (χ1n) is 9.67. The van der Waals surface area contributed by atoms with Gasteiger partial charge in [-0.05, 0) is 44.5 Å². The minimum atomic E-state index is -4.43. The molecule has 1 atom stereocenters. The summed E-state index contributed by atoms with van der Waals surface area (Å²) >= 11 is 1.12. The van der Waals surface area contributed by atoms with Crippen molar-refractivity contribution in [3.63, 3.8) is 0 Å². The number of benzene rings is 1. The van der Waals surface area contributed by atoms with Crippen LogP contribution in [0.2, 0.25) is 0 Å². The van der Waals surface area contributed by atoms with Crippen molar-refractivity contribution in [3.8, 4) is 10.6 Å². The first-order chi connectivity index (χ1) is 14.2. The van der Waals surface area contributed by atoms with Crippen LogP contribution >= 0.6 is 11.3 Å². The maximum absolute atomic E-state index is 12.9. The Morgan fingerprint density at radius 3 is 2.87 bits per heavy atom. The standard InChI is InChI=1S/C20H23F3N4O2S/c21-20(22,23)15-6-1-4-13(10-15)19-26-16(12-30-19)18(29)25-7-3-9-27-8-2-5-14(11-27)17(24)28/h1,4,6,10,12,14H,2-3,5,7-9,11H2,(H2,24,28)(H,25,29). The lowest BCUT2D eigenvalue weighted by Crippen LogP contribution is -2.42. The van der Waals surface area contributed by atoms with E-state index in [-0.39, 0.29) is 23.4 Å². The number of primary amides is 1. The van der Waals surface area contributed by atoms with E-state index < -0.39 is 11.7 Å². The Kier molecular flexibility index (Phi) is 7.09. The molecule has 162 valence electrons. The van der Waals surface area contributed by atoms with Crippen LogP contribution < -0.4 is 11.1 Å². The summed E-state index contributed by atoms with van der Waals surface area (Å²) in [6, 6.07) is 4.88. The first kappa shape index (κ1) is 22.2. The molecule has 2 heterocycles. The zero-order valence-corrected chi connectivity index (χ0v) is 17.1. The fraction of sp³-hybridized carbons (Fsp3) is 0.450. The molecule has 3 N–H and O–H groups in total. The molecule has 10 heteroatoms. The number of carbonyl (C=O) groups is 2. The van der Waals surface area contributed by atoms with Crippen LogP contribution in [0.25, 0.3) is 10.6 Å². The number of aromatic nitrogens is 1. The van der Waals surface area contributed by atoms with Crippen LogP contribution in [0.5, 0.6) is 0 Å². The van der Waals surface area contributed by atoms with Crippen molar-refractivity contribution in [2.24, 2.45) is 11.7 Å². The second-order valence-electron chi connectivity index (χ2n) is 7.27. The largest absolute Gasteiger partial charge is 0.416 e. The molecule has 0 spiro atoms. The summed E-state index contributed by atoms with van der Waals surface area (Å²) in [5.74, 6) is -0.746. The van der Waals surface area contributed by atoms with Crippen molar-refractivity contribution < 1.29 is 22.8 Å². The van der Waals surface area contributed by atoms with Crippen molar-refractivity contribution >= 4 is 23.2 Å². The number of piperidine rings is 1. The SMILES string of the molecule is NC(=O)C1CCCN(CCCNC(=O)c2csc(-c3cccc(C(F)(F)F)c3)n2)C1. The number of nitrogens with one attached hydrogen (secondary N) is 1. The topological polar surface area (TPSA) is 88.3 Å². The summed E-state index contributed by atoms with van der Waals surface area (Å²) < 4.78 is 38.6. The van der Waals surface area contributed by atoms with E-state index in [9.17, 15) is 22.8 Å². The van der Waals surface area contributed by atoms with Gasteiger partial charge >= 0.3 is 6.18 Å². The molecule has 1 aliphatic rings. The van der Waals surface area contributed by atoms with E-state index in [0.717, 1.165) is 49.4 Å². The van der Waals surface area contributed by atoms with Gasteiger partial charge in [0.15, 0.2) is 0 Å². The highest BCUT2D eigenvalue weighted by molar-refractivity contribution is 7.13. The molecule has 1 unspecified atom stereocenters. The van der Waals surface area contributed by atoms with Crippen molar-refractivity contribution in [2.75, 3.05) is 26.2 Å². The van der Waals surface area contributed by atoms with Gasteiger partial charge in [-0.3, -0.25) is 9.59 Å². The predicted molar refractivity (Wildman–Crippen MR) is 108 cm³/mol. The average Bonchev–Trinajstić information content (AvgIpc) is 3.21. The van der Waals surface area contributed by atoms with Gasteiger partial charge in [-0.25, -0.2) is 4.98 Å². The average molecular weight is 440 g/mol. The van der Waals surface area contributed by atoms with Crippen LogP contribution in [-0.2, 0) is 11.0 Å². The molecule has 3 rings (SSSR count). The summed E-state index contributed by atoms with van der Waals surface area (Å²) in [5, 5.41) is 4.67. The Hall–Kier alpha value is -2.46. The van der Waals surface area contributed by atoms with Gasteiger partial charge in [0.25, 0.3) is 5.91 Å². The van der Waals surface area contributed by atoms with E-state index in [2.05, 4.69) is 15.2 Å². The summed E-state index contributed by atoms with van der Waals surface area (Å²) in [6.45, 7) is 2.74. The van der Waals surface area contributed by atoms with Gasteiger partial charge in [0, 0.05) is 24.0 Å². The normalized spacial score (nSPS) is 17.6. The highest BCUT2D eigenvalue weighted by atomic mass is 32.1. The van der Waals surface area contributed by atoms with E-state index in [1.165, 1.54) is 17.5 Å². The lowest BCUT2D eigenvalue weighted by atomic mass is 9.97. The van der Waals surface area contributed by atoms with Crippen LogP contribution in [0.4, 0.5) is 13.2 Å². The fourth-order valence-corrected chi connectivity index (χ4v) is 4.22. The number of nitrogens with two attached hydrogens (primary N) is 1. The maximum Gasteiger partial charge on any atom is 0.416 e. The van der Waals surface area contributed by atoms with E-state index in [4.69, 9.17) is 5.73 Å². The van der Waals surface area contributed by atoms with Crippen LogP contribution in [0.15, 0.2) is 29.6 Å². The van der Waals surface area contributed by atoms with E-state index in [0.29, 0.717) is 30.1 Å². The van der Waals surface area contributed by atoms with Gasteiger partial charge in [0.05, 0.1) is 11.5 Å². The van der Waals surface area contributed by atoms with Crippen LogP contribution in [0, 0.1) is 5.92 Å². The molecule has 1 aliphatic heterocycles. The summed E-state index contributed by atoms with van der Waals surface area (Å²) in [7, 11) is 0. The minimum absolute atomic E-state index is 0.113. The Bertz CT molecular complexity index is 900. The molecule has 0 saturated carbocycles. The molecule has 2 amide bonds. The second-order valence-corrected chi connectivity index (χ2v) is 8.13. The number of rotatable bonds is 7. The minimum Gasteiger partial charge on any atom is -0.369 e. The van der Waals surface area contributed by atoms with E-state index in [1.807, 2.05) is 0 Å². The Balaban J connectivity index is 1.49. The second kappa shape index (κ2) is 9.57. The van der Waals surface area contributed by atoms with Crippen LogP contribution in [0.3, 0.4) is 0 Å². The monoisotopic (exact) mass is 440 g/mol. The highest BCUT2D eigenvalue weighted by Gasteiger charge is 2.30. The molecule has 1 aromatic carbocycles. The number of thiazole rings is 1. The third kappa shape index (κ3) is 5.79. The van der Waals surface area contributed by atoms with Crippen LogP contribution in [0.1, 0.15) is 35.3 Å². The van der Waals surface area contributed by atoms with Crippen molar-refractivity contribution in [1.82, 2.24) is 15.2 Å². The third-order valence-corrected chi connectivity index (χ3v) is 5.91. The van der Waals surface area contributed by atoms with Gasteiger partial charge in [0.2, 0.25) is 5.91 Å². The number of hydrogen-bond acceptors (Lipinski definition) is 5. The number of halogens is 3. The molecule has 1 fully saturated rings. The molecule has 1 aromatic heterocycles. The van der Waals surface area contributed by atoms with Gasteiger partial charge < -0.3 is 16.0 Å². The third-order valence-electron chi connectivity index (χ3n) is 5.02. The quantitative estimate of drug-likeness (QED) is 0.648. The van der Waals surface area contributed by atoms with Crippen LogP contribution in [-0.4, -0.2) is 47.9 Å². The number of likely N-dealkylation sites (tertiary alicyclic amines) is 1. The predicted octanol–water partition coefficient (Wildman–Crippen LogP) is 3.15. The smallest absolute Gasteiger partial charge is 0.369 e. The van der Waals surface area contributed by atoms with Crippen molar-refractivity contribution in [2.45, 2.75) is 25.4 Å². The highest BCUT2D eigenvalue weighted by Crippen LogP contribution is 2.33. The van der Waals surface area contributed by atoms with Crippen molar-refractivity contribution in [3.05, 3.63) is 40.9 Å². The lowest BCUT2D eigenvalue weighted by molar-refractivity contribution is -0.137. The van der Waals surface area contributed by atoms with Gasteiger partial charge in [-0.1, -0.05) is 12.1 Å². The summed E-state index contributed by atoms with van der Waals surface area (Å²) in [6.07, 6.45) is -1.97. The number of nitrogens with zero attached hydrogens (tertiary/aromatic N) is 2. The molecule has 1 saturated heterocycles. The van der Waals surface area contributed by atoms with Gasteiger partial charge in [-0.2, -0.15) is 13.2 Å². The number of amides is 2. The molecule has 0 bridgehead atoms. The lowest BCUT2D eigenvalue weighted by Gasteiger charge is -2.31. The molecular formula is C20H23F3N4O2S. The Morgan fingerprint density at radius 1 is 1.33 bits per heavy atom. The zero-order valence-electron chi connectivity index (χ0n) is 16.2. The summed E-state index contributed by atoms with van der Waals surface area (Å²) in [5.41, 5.74) is 5.13. The molecule has 30 heavy (non-hydrogen) atoms. The molecule has 0 aliphatic carbocycles. The molecule has 2 aromatic rings. The Morgan fingerprint density at radius 2 is 2.13 bits per heavy atom. The van der Waals surface area contributed by atoms with E-state index in [1.54, 1.807) is 0 Å².